The number of amides is 1. The molecule has 0 N–H and O–H groups in total. The summed E-state index contributed by atoms with van der Waals surface area (Å²) < 4.78 is 125. The van der Waals surface area contributed by atoms with Gasteiger partial charge in [0.2, 0.25) is 9.99 Å². The van der Waals surface area contributed by atoms with Crippen LogP contribution in [-0.4, -0.2) is 49.3 Å². The standard InChI is InChI=1S/C16H13F6NO5S2/c17-15(18,19)29(25,26)14(30(27,28)16(20,21)22)9-11(10-5-2-1-3-6-10)13(14)23-8-4-7-12(23)24/h1-3,5-6H,4,7-9H2. The van der Waals surface area contributed by atoms with Crippen LogP contribution in [0.15, 0.2) is 36.0 Å². The van der Waals surface area contributed by atoms with E-state index in [-0.39, 0.29) is 24.0 Å². The van der Waals surface area contributed by atoms with Crippen molar-refractivity contribution in [3.05, 3.63) is 41.6 Å². The maximum absolute atomic E-state index is 13.4. The van der Waals surface area contributed by atoms with Crippen LogP contribution in [0, 0.1) is 0 Å². The zero-order chi connectivity index (χ0) is 22.8. The monoisotopic (exact) mass is 477 g/mol. The number of alkyl halides is 6. The predicted molar refractivity (Wildman–Crippen MR) is 91.6 cm³/mol. The van der Waals surface area contributed by atoms with Crippen molar-refractivity contribution < 1.29 is 48.0 Å². The van der Waals surface area contributed by atoms with Gasteiger partial charge >= 0.3 is 11.0 Å². The summed E-state index contributed by atoms with van der Waals surface area (Å²) >= 11 is 0. The van der Waals surface area contributed by atoms with Crippen LogP contribution < -0.4 is 0 Å². The highest BCUT2D eigenvalue weighted by Crippen LogP contribution is 2.60. The first kappa shape index (κ1) is 22.6. The largest absolute Gasteiger partial charge is 0.499 e. The van der Waals surface area contributed by atoms with Gasteiger partial charge in [-0.25, -0.2) is 16.8 Å². The predicted octanol–water partition coefficient (Wildman–Crippen LogP) is 2.99. The molecule has 0 atom stereocenters. The van der Waals surface area contributed by atoms with Crippen LogP contribution in [0.5, 0.6) is 0 Å². The molecular weight excluding hydrogens is 464 g/mol. The molecule has 166 valence electrons. The number of sulfone groups is 2. The molecule has 0 radical (unpaired) electrons. The highest BCUT2D eigenvalue weighted by molar-refractivity contribution is 8.11. The van der Waals surface area contributed by atoms with Crippen molar-refractivity contribution in [3.8, 4) is 0 Å². The quantitative estimate of drug-likeness (QED) is 0.623. The summed E-state index contributed by atoms with van der Waals surface area (Å²) in [6.07, 6.45) is -1.86. The van der Waals surface area contributed by atoms with Crippen LogP contribution in [0.25, 0.3) is 5.57 Å². The van der Waals surface area contributed by atoms with E-state index in [1.807, 2.05) is 0 Å². The molecule has 1 aromatic carbocycles. The minimum Gasteiger partial charge on any atom is -0.313 e. The number of nitrogens with zero attached hydrogens (tertiary/aromatic N) is 1. The minimum atomic E-state index is -6.95. The van der Waals surface area contributed by atoms with E-state index in [9.17, 15) is 48.0 Å². The van der Waals surface area contributed by atoms with Crippen LogP contribution in [0.3, 0.4) is 0 Å². The number of hydrogen-bond donors (Lipinski definition) is 0. The number of rotatable bonds is 4. The van der Waals surface area contributed by atoms with Gasteiger partial charge in [-0.3, -0.25) is 4.79 Å². The van der Waals surface area contributed by atoms with Gasteiger partial charge in [0.1, 0.15) is 0 Å². The Kier molecular flexibility index (Phi) is 5.05. The number of carbonyl (C=O) groups excluding carboxylic acids is 1. The zero-order valence-electron chi connectivity index (χ0n) is 14.8. The molecule has 0 bridgehead atoms. The summed E-state index contributed by atoms with van der Waals surface area (Å²) in [7, 11) is -13.9. The van der Waals surface area contributed by atoms with E-state index in [1.54, 1.807) is 0 Å². The van der Waals surface area contributed by atoms with Crippen LogP contribution in [0.4, 0.5) is 26.3 Å². The summed E-state index contributed by atoms with van der Waals surface area (Å²) in [5.41, 5.74) is -14.3. The molecule has 14 heteroatoms. The van der Waals surface area contributed by atoms with Gasteiger partial charge < -0.3 is 4.90 Å². The molecule has 1 fully saturated rings. The van der Waals surface area contributed by atoms with Crippen molar-refractivity contribution in [2.45, 2.75) is 34.4 Å². The molecule has 1 aromatic rings. The summed E-state index contributed by atoms with van der Waals surface area (Å²) in [5.74, 6) is -0.961. The summed E-state index contributed by atoms with van der Waals surface area (Å²) in [6.45, 7) is -0.410. The number of benzene rings is 1. The molecule has 1 saturated heterocycles. The lowest BCUT2D eigenvalue weighted by atomic mass is 9.86. The first-order valence-corrected chi connectivity index (χ1v) is 11.3. The summed E-state index contributed by atoms with van der Waals surface area (Å²) in [5, 5.41) is 0. The molecule has 6 nitrogen and oxygen atoms in total. The number of halogens is 6. The summed E-state index contributed by atoms with van der Waals surface area (Å²) in [4.78, 5) is 12.6. The minimum absolute atomic E-state index is 0.0116. The molecule has 0 spiro atoms. The van der Waals surface area contributed by atoms with E-state index in [0.717, 1.165) is 0 Å². The lowest BCUT2D eigenvalue weighted by molar-refractivity contribution is -0.126. The van der Waals surface area contributed by atoms with Gasteiger partial charge in [0.05, 0.1) is 5.70 Å². The van der Waals surface area contributed by atoms with Crippen molar-refractivity contribution in [3.63, 3.8) is 0 Å². The highest BCUT2D eigenvalue weighted by atomic mass is 32.3. The Morgan fingerprint density at radius 2 is 1.37 bits per heavy atom. The fourth-order valence-corrected chi connectivity index (χ4v) is 7.73. The Balaban J connectivity index is 2.44. The molecule has 0 saturated carbocycles. The molecule has 1 amide bonds. The van der Waals surface area contributed by atoms with E-state index in [0.29, 0.717) is 4.90 Å². The average Bonchev–Trinajstić information content (AvgIpc) is 2.98. The van der Waals surface area contributed by atoms with Gasteiger partial charge in [-0.1, -0.05) is 30.3 Å². The number of carbonyl (C=O) groups is 1. The van der Waals surface area contributed by atoms with Gasteiger partial charge in [0.25, 0.3) is 19.7 Å². The Labute approximate surface area is 167 Å². The molecule has 1 aliphatic heterocycles. The lowest BCUT2D eigenvalue weighted by Gasteiger charge is -2.47. The van der Waals surface area contributed by atoms with Gasteiger partial charge in [-0.15, -0.1) is 0 Å². The number of allylic oxidation sites excluding steroid dienone is 1. The van der Waals surface area contributed by atoms with E-state index in [1.165, 1.54) is 30.3 Å². The van der Waals surface area contributed by atoms with Gasteiger partial charge in [-0.2, -0.15) is 26.3 Å². The SMILES string of the molecule is O=C1CCCN1C1=C(c2ccccc2)CC1(S(=O)(=O)C(F)(F)F)S(=O)(=O)C(F)(F)F. The summed E-state index contributed by atoms with van der Waals surface area (Å²) in [6, 6.07) is 6.76. The van der Waals surface area contributed by atoms with Gasteiger partial charge in [0.15, 0.2) is 0 Å². The first-order valence-electron chi connectivity index (χ1n) is 8.31. The smallest absolute Gasteiger partial charge is 0.313 e. The van der Waals surface area contributed by atoms with E-state index < -0.39 is 59.3 Å². The second-order valence-corrected chi connectivity index (χ2v) is 11.3. The Morgan fingerprint density at radius 1 is 0.867 bits per heavy atom. The van der Waals surface area contributed by atoms with Crippen LogP contribution in [-0.2, 0) is 24.5 Å². The molecule has 3 rings (SSSR count). The number of likely N-dealkylation sites (tertiary alicyclic amines) is 1. The van der Waals surface area contributed by atoms with E-state index >= 15 is 0 Å². The third-order valence-electron chi connectivity index (χ3n) is 5.00. The average molecular weight is 477 g/mol. The zero-order valence-corrected chi connectivity index (χ0v) is 16.4. The van der Waals surface area contributed by atoms with Crippen LogP contribution in [0.2, 0.25) is 0 Å². The topological polar surface area (TPSA) is 88.6 Å². The maximum Gasteiger partial charge on any atom is 0.499 e. The first-order chi connectivity index (χ1) is 13.6. The van der Waals surface area contributed by atoms with Crippen LogP contribution >= 0.6 is 0 Å². The Morgan fingerprint density at radius 3 is 1.77 bits per heavy atom. The van der Waals surface area contributed by atoms with E-state index in [2.05, 4.69) is 0 Å². The second-order valence-electron chi connectivity index (χ2n) is 6.67. The van der Waals surface area contributed by atoms with Crippen molar-refractivity contribution in [1.29, 1.82) is 0 Å². The van der Waals surface area contributed by atoms with Crippen molar-refractivity contribution in [1.82, 2.24) is 4.90 Å². The molecule has 0 unspecified atom stereocenters. The Bertz CT molecular complexity index is 1080. The third-order valence-corrected chi connectivity index (χ3v) is 9.95. The maximum atomic E-state index is 13.4. The van der Waals surface area contributed by atoms with Crippen molar-refractivity contribution in [2.24, 2.45) is 0 Å². The molecule has 0 aromatic heterocycles. The second kappa shape index (κ2) is 6.70. The molecule has 1 aliphatic carbocycles. The van der Waals surface area contributed by atoms with Crippen molar-refractivity contribution >= 4 is 31.2 Å². The normalized spacial score (nSPS) is 20.5. The van der Waals surface area contributed by atoms with Crippen molar-refractivity contribution in [2.75, 3.05) is 6.54 Å². The lowest BCUT2D eigenvalue weighted by Crippen LogP contribution is -2.64. The molecule has 2 aliphatic rings. The third kappa shape index (κ3) is 2.87. The molecule has 30 heavy (non-hydrogen) atoms. The van der Waals surface area contributed by atoms with Gasteiger partial charge in [0, 0.05) is 19.4 Å². The molecule has 1 heterocycles. The van der Waals surface area contributed by atoms with Gasteiger partial charge in [-0.05, 0) is 17.6 Å². The van der Waals surface area contributed by atoms with Crippen LogP contribution in [0.1, 0.15) is 24.8 Å². The van der Waals surface area contributed by atoms with E-state index in [4.69, 9.17) is 0 Å². The fraction of sp³-hybridized carbons (Fsp3) is 0.438. The fourth-order valence-electron chi connectivity index (χ4n) is 3.62. The number of hydrogen-bond acceptors (Lipinski definition) is 5. The Hall–Kier alpha value is -2.09. The highest BCUT2D eigenvalue weighted by Gasteiger charge is 2.79. The molecular formula is C16H13F6NO5S2.